The highest BCUT2D eigenvalue weighted by Gasteiger charge is 2.36. The SMILES string of the molecule is CC1OCCC1S(=O)(=O)CC(=O)Nc1cccc(N)c1. The van der Waals surface area contributed by atoms with E-state index in [9.17, 15) is 13.2 Å². The van der Waals surface area contributed by atoms with Gasteiger partial charge in [-0.2, -0.15) is 0 Å². The molecule has 1 aromatic carbocycles. The molecule has 1 aliphatic rings. The van der Waals surface area contributed by atoms with Gasteiger partial charge >= 0.3 is 0 Å². The van der Waals surface area contributed by atoms with Crippen molar-refractivity contribution in [3.05, 3.63) is 24.3 Å². The molecule has 1 fully saturated rings. The van der Waals surface area contributed by atoms with Crippen molar-refractivity contribution >= 4 is 27.1 Å². The summed E-state index contributed by atoms with van der Waals surface area (Å²) < 4.78 is 29.5. The van der Waals surface area contributed by atoms with Gasteiger partial charge in [0.25, 0.3) is 0 Å². The maximum absolute atomic E-state index is 12.1. The molecule has 1 amide bonds. The summed E-state index contributed by atoms with van der Waals surface area (Å²) in [5, 5.41) is 1.94. The van der Waals surface area contributed by atoms with Gasteiger partial charge in [0.2, 0.25) is 5.91 Å². The van der Waals surface area contributed by atoms with Crippen molar-refractivity contribution < 1.29 is 17.9 Å². The molecule has 0 saturated carbocycles. The molecule has 0 aromatic heterocycles. The number of amides is 1. The van der Waals surface area contributed by atoms with Crippen LogP contribution in [0.5, 0.6) is 0 Å². The first kappa shape index (κ1) is 14.8. The van der Waals surface area contributed by atoms with Crippen LogP contribution >= 0.6 is 0 Å². The third kappa shape index (κ3) is 3.49. The molecule has 2 rings (SSSR count). The van der Waals surface area contributed by atoms with E-state index in [0.717, 1.165) is 0 Å². The average molecular weight is 298 g/mol. The Morgan fingerprint density at radius 3 is 2.85 bits per heavy atom. The maximum Gasteiger partial charge on any atom is 0.239 e. The van der Waals surface area contributed by atoms with Crippen molar-refractivity contribution in [1.29, 1.82) is 0 Å². The average Bonchev–Trinajstić information content (AvgIpc) is 2.75. The van der Waals surface area contributed by atoms with Gasteiger partial charge < -0.3 is 15.8 Å². The van der Waals surface area contributed by atoms with E-state index < -0.39 is 26.7 Å². The van der Waals surface area contributed by atoms with Crippen molar-refractivity contribution in [2.45, 2.75) is 24.7 Å². The molecule has 1 aliphatic heterocycles. The second-order valence-corrected chi connectivity index (χ2v) is 7.10. The lowest BCUT2D eigenvalue weighted by Crippen LogP contribution is -2.34. The van der Waals surface area contributed by atoms with Crippen LogP contribution in [0.4, 0.5) is 11.4 Å². The second-order valence-electron chi connectivity index (χ2n) is 4.88. The predicted octanol–water partition coefficient (Wildman–Crippen LogP) is 0.799. The predicted molar refractivity (Wildman–Crippen MR) is 77.1 cm³/mol. The van der Waals surface area contributed by atoms with Gasteiger partial charge in [0.15, 0.2) is 9.84 Å². The van der Waals surface area contributed by atoms with Gasteiger partial charge in [-0.3, -0.25) is 4.79 Å². The van der Waals surface area contributed by atoms with E-state index >= 15 is 0 Å². The molecule has 20 heavy (non-hydrogen) atoms. The fourth-order valence-electron chi connectivity index (χ4n) is 2.29. The number of hydrogen-bond acceptors (Lipinski definition) is 5. The second kappa shape index (κ2) is 5.80. The Bertz CT molecular complexity index is 600. The molecule has 1 saturated heterocycles. The minimum absolute atomic E-state index is 0.361. The van der Waals surface area contributed by atoms with Crippen molar-refractivity contribution in [3.63, 3.8) is 0 Å². The minimum atomic E-state index is -3.51. The highest BCUT2D eigenvalue weighted by Crippen LogP contribution is 2.21. The molecule has 2 unspecified atom stereocenters. The van der Waals surface area contributed by atoms with Crippen LogP contribution in [0.1, 0.15) is 13.3 Å². The number of carbonyl (C=O) groups is 1. The quantitative estimate of drug-likeness (QED) is 0.801. The number of nitrogens with one attached hydrogen (secondary N) is 1. The highest BCUT2D eigenvalue weighted by atomic mass is 32.2. The van der Waals surface area contributed by atoms with Crippen molar-refractivity contribution in [2.24, 2.45) is 0 Å². The molecule has 2 atom stereocenters. The van der Waals surface area contributed by atoms with E-state index in [1.807, 2.05) is 0 Å². The number of benzene rings is 1. The van der Waals surface area contributed by atoms with Crippen LogP contribution < -0.4 is 11.1 Å². The number of sulfone groups is 1. The van der Waals surface area contributed by atoms with Crippen LogP contribution in [0.3, 0.4) is 0 Å². The Labute approximate surface area is 118 Å². The van der Waals surface area contributed by atoms with Crippen molar-refractivity contribution in [2.75, 3.05) is 23.4 Å². The third-order valence-electron chi connectivity index (χ3n) is 3.27. The topological polar surface area (TPSA) is 98.5 Å². The van der Waals surface area contributed by atoms with Gasteiger partial charge in [-0.1, -0.05) is 6.07 Å². The Kier molecular flexibility index (Phi) is 4.29. The van der Waals surface area contributed by atoms with E-state index in [2.05, 4.69) is 5.32 Å². The number of nitrogens with two attached hydrogens (primary N) is 1. The van der Waals surface area contributed by atoms with E-state index in [0.29, 0.717) is 24.4 Å². The summed E-state index contributed by atoms with van der Waals surface area (Å²) in [7, 11) is -3.51. The smallest absolute Gasteiger partial charge is 0.239 e. The Hall–Kier alpha value is -1.60. The largest absolute Gasteiger partial charge is 0.399 e. The van der Waals surface area contributed by atoms with Gasteiger partial charge in [0.05, 0.1) is 11.4 Å². The Morgan fingerprint density at radius 1 is 1.50 bits per heavy atom. The molecule has 0 bridgehead atoms. The van der Waals surface area contributed by atoms with Gasteiger partial charge in [0.1, 0.15) is 5.75 Å². The number of rotatable bonds is 4. The lowest BCUT2D eigenvalue weighted by molar-refractivity contribution is -0.113. The number of hydrogen-bond donors (Lipinski definition) is 2. The summed E-state index contributed by atoms with van der Waals surface area (Å²) in [4.78, 5) is 11.8. The van der Waals surface area contributed by atoms with E-state index in [1.54, 1.807) is 31.2 Å². The molecule has 1 heterocycles. The highest BCUT2D eigenvalue weighted by molar-refractivity contribution is 7.92. The molecule has 6 nitrogen and oxygen atoms in total. The monoisotopic (exact) mass is 298 g/mol. The Balaban J connectivity index is 2.00. The summed E-state index contributed by atoms with van der Waals surface area (Å²) >= 11 is 0. The first-order valence-corrected chi connectivity index (χ1v) is 8.08. The summed E-state index contributed by atoms with van der Waals surface area (Å²) in [6.45, 7) is 2.13. The fraction of sp³-hybridized carbons (Fsp3) is 0.462. The van der Waals surface area contributed by atoms with Crippen LogP contribution in [0, 0.1) is 0 Å². The van der Waals surface area contributed by atoms with E-state index in [1.165, 1.54) is 0 Å². The molecule has 0 spiro atoms. The van der Waals surface area contributed by atoms with Crippen LogP contribution in [-0.4, -0.2) is 38.0 Å². The molecule has 1 aromatic rings. The van der Waals surface area contributed by atoms with Crippen LogP contribution in [0.2, 0.25) is 0 Å². The number of anilines is 2. The van der Waals surface area contributed by atoms with Gasteiger partial charge in [-0.25, -0.2) is 8.42 Å². The number of ether oxygens (including phenoxy) is 1. The van der Waals surface area contributed by atoms with Crippen molar-refractivity contribution in [1.82, 2.24) is 0 Å². The summed E-state index contributed by atoms with van der Waals surface area (Å²) in [5.41, 5.74) is 6.58. The Morgan fingerprint density at radius 2 is 2.25 bits per heavy atom. The standard InChI is InChI=1S/C13H18N2O4S/c1-9-12(5-6-19-9)20(17,18)8-13(16)15-11-4-2-3-10(14)7-11/h2-4,7,9,12H,5-6,8,14H2,1H3,(H,15,16). The number of nitrogen functional groups attached to an aromatic ring is 1. The van der Waals surface area contributed by atoms with Gasteiger partial charge in [0, 0.05) is 18.0 Å². The third-order valence-corrected chi connectivity index (χ3v) is 5.48. The van der Waals surface area contributed by atoms with Crippen LogP contribution in [0.25, 0.3) is 0 Å². The summed E-state index contributed by atoms with van der Waals surface area (Å²) in [6.07, 6.45) is 0.0786. The molecule has 7 heteroatoms. The lowest BCUT2D eigenvalue weighted by atomic mass is 10.3. The lowest BCUT2D eigenvalue weighted by Gasteiger charge is -2.14. The number of carbonyl (C=O) groups excluding carboxylic acids is 1. The van der Waals surface area contributed by atoms with Crippen LogP contribution in [0.15, 0.2) is 24.3 Å². The first-order valence-electron chi connectivity index (χ1n) is 6.37. The minimum Gasteiger partial charge on any atom is -0.399 e. The zero-order chi connectivity index (χ0) is 14.8. The normalized spacial score (nSPS) is 22.6. The summed E-state index contributed by atoms with van der Waals surface area (Å²) in [5.74, 6) is -1.10. The summed E-state index contributed by atoms with van der Waals surface area (Å²) in [6, 6.07) is 6.60. The molecule has 0 aliphatic carbocycles. The zero-order valence-corrected chi connectivity index (χ0v) is 12.0. The van der Waals surface area contributed by atoms with Crippen molar-refractivity contribution in [3.8, 4) is 0 Å². The maximum atomic E-state index is 12.1. The van der Waals surface area contributed by atoms with Crippen LogP contribution in [-0.2, 0) is 19.4 Å². The van der Waals surface area contributed by atoms with E-state index in [-0.39, 0.29) is 6.10 Å². The molecule has 3 N–H and O–H groups in total. The zero-order valence-electron chi connectivity index (χ0n) is 11.2. The molecular weight excluding hydrogens is 280 g/mol. The van der Waals surface area contributed by atoms with Gasteiger partial charge in [-0.15, -0.1) is 0 Å². The molecule has 0 radical (unpaired) electrons. The molecular formula is C13H18N2O4S. The first-order chi connectivity index (χ1) is 9.38. The van der Waals surface area contributed by atoms with E-state index in [4.69, 9.17) is 10.5 Å². The van der Waals surface area contributed by atoms with Gasteiger partial charge in [-0.05, 0) is 31.5 Å². The molecule has 110 valence electrons. The fourth-order valence-corrected chi connectivity index (χ4v) is 4.06.